The number of aromatic hydroxyl groups is 1. The minimum absolute atomic E-state index is 0.510. The Kier molecular flexibility index (Phi) is 5.30. The smallest absolute Gasteiger partial charge is 0.504 e. The third-order valence-electron chi connectivity index (χ3n) is 3.29. The number of benzene rings is 1. The quantitative estimate of drug-likeness (QED) is 0.908. The Morgan fingerprint density at radius 2 is 1.95 bits per heavy atom. The van der Waals surface area contributed by atoms with E-state index in [0.717, 1.165) is 39.3 Å². The number of phenols is 1. The maximum absolute atomic E-state index is 12.2. The summed E-state index contributed by atoms with van der Waals surface area (Å²) in [4.78, 5) is 2.26. The van der Waals surface area contributed by atoms with Crippen LogP contribution in [0.25, 0.3) is 0 Å². The topological polar surface area (TPSA) is 41.9 Å². The summed E-state index contributed by atoms with van der Waals surface area (Å²) in [5.41, 5.74) is 0.709. The molecule has 1 aromatic rings. The van der Waals surface area contributed by atoms with Crippen molar-refractivity contribution in [3.63, 3.8) is 0 Å². The van der Waals surface area contributed by atoms with E-state index in [2.05, 4.69) is 9.64 Å². The predicted octanol–water partition coefficient (Wildman–Crippen LogP) is 2.56. The van der Waals surface area contributed by atoms with Crippen molar-refractivity contribution in [3.8, 4) is 11.5 Å². The standard InChI is InChI=1S/C14H18F3NO3/c15-14(16,17)21-13-10-11(3-4-12(13)19)2-1-5-18-6-8-20-9-7-18/h3-4,10,19H,1-2,5-9H2. The highest BCUT2D eigenvalue weighted by molar-refractivity contribution is 5.42. The molecule has 7 heteroatoms. The number of alkyl halides is 3. The lowest BCUT2D eigenvalue weighted by Crippen LogP contribution is -2.36. The number of halogens is 3. The predicted molar refractivity (Wildman–Crippen MR) is 70.4 cm³/mol. The summed E-state index contributed by atoms with van der Waals surface area (Å²) in [5, 5.41) is 9.38. The van der Waals surface area contributed by atoms with E-state index in [0.29, 0.717) is 12.0 Å². The van der Waals surface area contributed by atoms with Gasteiger partial charge in [0.25, 0.3) is 0 Å². The lowest BCUT2D eigenvalue weighted by molar-refractivity contribution is -0.275. The molecule has 1 aliphatic rings. The lowest BCUT2D eigenvalue weighted by Gasteiger charge is -2.26. The molecular weight excluding hydrogens is 287 g/mol. The van der Waals surface area contributed by atoms with Gasteiger partial charge in [0.2, 0.25) is 0 Å². The van der Waals surface area contributed by atoms with Crippen LogP contribution in [0.15, 0.2) is 18.2 Å². The monoisotopic (exact) mass is 305 g/mol. The summed E-state index contributed by atoms with van der Waals surface area (Å²) >= 11 is 0. The molecule has 0 saturated carbocycles. The van der Waals surface area contributed by atoms with Crippen molar-refractivity contribution in [3.05, 3.63) is 23.8 Å². The van der Waals surface area contributed by atoms with Crippen LogP contribution in [0, 0.1) is 0 Å². The fourth-order valence-corrected chi connectivity index (χ4v) is 2.25. The first-order valence-electron chi connectivity index (χ1n) is 6.82. The molecule has 1 N–H and O–H groups in total. The molecule has 1 aromatic carbocycles. The molecule has 1 aliphatic heterocycles. The Morgan fingerprint density at radius 3 is 2.62 bits per heavy atom. The van der Waals surface area contributed by atoms with E-state index in [9.17, 15) is 18.3 Å². The number of aryl methyl sites for hydroxylation is 1. The number of hydrogen-bond donors (Lipinski definition) is 1. The van der Waals surface area contributed by atoms with Crippen molar-refractivity contribution >= 4 is 0 Å². The van der Waals surface area contributed by atoms with E-state index in [1.807, 2.05) is 0 Å². The second-order valence-corrected chi connectivity index (χ2v) is 4.91. The molecule has 0 bridgehead atoms. The third-order valence-corrected chi connectivity index (χ3v) is 3.29. The first-order valence-corrected chi connectivity index (χ1v) is 6.82. The minimum atomic E-state index is -4.80. The van der Waals surface area contributed by atoms with Gasteiger partial charge in [-0.2, -0.15) is 0 Å². The largest absolute Gasteiger partial charge is 0.573 e. The summed E-state index contributed by atoms with van der Waals surface area (Å²) in [5.74, 6) is -1.06. The van der Waals surface area contributed by atoms with Crippen molar-refractivity contribution in [2.45, 2.75) is 19.2 Å². The normalized spacial score (nSPS) is 16.9. The number of morpholine rings is 1. The van der Waals surface area contributed by atoms with E-state index in [-0.39, 0.29) is 0 Å². The Balaban J connectivity index is 1.86. The van der Waals surface area contributed by atoms with Gasteiger partial charge in [0, 0.05) is 13.1 Å². The van der Waals surface area contributed by atoms with Crippen molar-refractivity contribution in [2.75, 3.05) is 32.8 Å². The van der Waals surface area contributed by atoms with Crippen molar-refractivity contribution < 1.29 is 27.8 Å². The van der Waals surface area contributed by atoms with Gasteiger partial charge in [-0.15, -0.1) is 13.2 Å². The summed E-state index contributed by atoms with van der Waals surface area (Å²) in [7, 11) is 0. The highest BCUT2D eigenvalue weighted by atomic mass is 19.4. The molecule has 1 fully saturated rings. The zero-order valence-electron chi connectivity index (χ0n) is 11.5. The summed E-state index contributed by atoms with van der Waals surface area (Å²) in [6.45, 7) is 4.10. The molecule has 1 heterocycles. The Labute approximate surface area is 121 Å². The second kappa shape index (κ2) is 7.00. The summed E-state index contributed by atoms with van der Waals surface area (Å²) in [6.07, 6.45) is -3.34. The van der Waals surface area contributed by atoms with Gasteiger partial charge in [-0.3, -0.25) is 4.90 Å². The van der Waals surface area contributed by atoms with Crippen LogP contribution in [0.3, 0.4) is 0 Å². The number of phenolic OH excluding ortho intramolecular Hbond substituents is 1. The van der Waals surface area contributed by atoms with Crippen LogP contribution < -0.4 is 4.74 Å². The van der Waals surface area contributed by atoms with Gasteiger partial charge in [0.1, 0.15) is 0 Å². The third kappa shape index (κ3) is 5.43. The summed E-state index contributed by atoms with van der Waals surface area (Å²) < 4.78 is 45.6. The SMILES string of the molecule is Oc1ccc(CCCN2CCOCC2)cc1OC(F)(F)F. The fraction of sp³-hybridized carbons (Fsp3) is 0.571. The Bertz CT molecular complexity index is 459. The molecule has 0 radical (unpaired) electrons. The number of nitrogens with zero attached hydrogens (tertiary/aromatic N) is 1. The van der Waals surface area contributed by atoms with E-state index in [1.165, 1.54) is 12.1 Å². The molecule has 2 rings (SSSR count). The Hall–Kier alpha value is -1.47. The molecule has 0 unspecified atom stereocenters. The molecule has 118 valence electrons. The molecule has 4 nitrogen and oxygen atoms in total. The average molecular weight is 305 g/mol. The van der Waals surface area contributed by atoms with Crippen LogP contribution in [0.4, 0.5) is 13.2 Å². The van der Waals surface area contributed by atoms with Crippen molar-refractivity contribution in [1.82, 2.24) is 4.90 Å². The average Bonchev–Trinajstić information content (AvgIpc) is 2.42. The number of hydrogen-bond acceptors (Lipinski definition) is 4. The minimum Gasteiger partial charge on any atom is -0.504 e. The van der Waals surface area contributed by atoms with Crippen LogP contribution in [0.1, 0.15) is 12.0 Å². The van der Waals surface area contributed by atoms with Gasteiger partial charge in [-0.1, -0.05) is 6.07 Å². The van der Waals surface area contributed by atoms with E-state index in [1.54, 1.807) is 6.07 Å². The van der Waals surface area contributed by atoms with Crippen LogP contribution in [-0.4, -0.2) is 49.2 Å². The molecular formula is C14H18F3NO3. The molecule has 21 heavy (non-hydrogen) atoms. The van der Waals surface area contributed by atoms with Gasteiger partial charge in [-0.05, 0) is 37.1 Å². The number of ether oxygens (including phenoxy) is 2. The summed E-state index contributed by atoms with van der Waals surface area (Å²) in [6, 6.07) is 4.07. The van der Waals surface area contributed by atoms with Gasteiger partial charge in [-0.25, -0.2) is 0 Å². The van der Waals surface area contributed by atoms with Crippen molar-refractivity contribution in [2.24, 2.45) is 0 Å². The van der Waals surface area contributed by atoms with Crippen molar-refractivity contribution in [1.29, 1.82) is 0 Å². The highest BCUT2D eigenvalue weighted by Crippen LogP contribution is 2.32. The van der Waals surface area contributed by atoms with Gasteiger partial charge >= 0.3 is 6.36 Å². The maximum atomic E-state index is 12.2. The molecule has 0 amide bonds. The van der Waals surface area contributed by atoms with Gasteiger partial charge in [0.05, 0.1) is 13.2 Å². The fourth-order valence-electron chi connectivity index (χ4n) is 2.25. The lowest BCUT2D eigenvalue weighted by atomic mass is 10.1. The van der Waals surface area contributed by atoms with Crippen LogP contribution in [0.5, 0.6) is 11.5 Å². The molecule has 0 atom stereocenters. The van der Waals surface area contributed by atoms with Gasteiger partial charge < -0.3 is 14.6 Å². The first kappa shape index (κ1) is 15.9. The number of rotatable bonds is 5. The maximum Gasteiger partial charge on any atom is 0.573 e. The highest BCUT2D eigenvalue weighted by Gasteiger charge is 2.32. The first-order chi connectivity index (χ1) is 9.94. The van der Waals surface area contributed by atoms with E-state index >= 15 is 0 Å². The van der Waals surface area contributed by atoms with Crippen LogP contribution in [0.2, 0.25) is 0 Å². The van der Waals surface area contributed by atoms with E-state index < -0.39 is 17.9 Å². The van der Waals surface area contributed by atoms with Crippen LogP contribution >= 0.6 is 0 Å². The van der Waals surface area contributed by atoms with Gasteiger partial charge in [0.15, 0.2) is 11.5 Å². The molecule has 1 saturated heterocycles. The second-order valence-electron chi connectivity index (χ2n) is 4.91. The zero-order valence-corrected chi connectivity index (χ0v) is 11.5. The van der Waals surface area contributed by atoms with E-state index in [4.69, 9.17) is 4.74 Å². The molecule has 0 spiro atoms. The molecule has 0 aliphatic carbocycles. The zero-order chi connectivity index (χ0) is 15.3. The molecule has 0 aromatic heterocycles. The van der Waals surface area contributed by atoms with Crippen LogP contribution in [-0.2, 0) is 11.2 Å². The Morgan fingerprint density at radius 1 is 1.24 bits per heavy atom.